The molecule has 0 saturated carbocycles. The van der Waals surface area contributed by atoms with Gasteiger partial charge in [-0.05, 0) is 41.8 Å². The van der Waals surface area contributed by atoms with Gasteiger partial charge in [-0.15, -0.1) is 0 Å². The minimum atomic E-state index is -0.879. The van der Waals surface area contributed by atoms with Gasteiger partial charge in [-0.3, -0.25) is 4.79 Å². The van der Waals surface area contributed by atoms with Crippen LogP contribution >= 0.6 is 11.6 Å². The summed E-state index contributed by atoms with van der Waals surface area (Å²) in [6.45, 7) is 2.26. The van der Waals surface area contributed by atoms with E-state index in [1.165, 1.54) is 4.90 Å². The molecule has 2 aromatic heterocycles. The summed E-state index contributed by atoms with van der Waals surface area (Å²) in [6, 6.07) is 11.1. The molecule has 3 N–H and O–H groups in total. The first-order valence-corrected chi connectivity index (χ1v) is 9.17. The number of halogens is 1. The SMILES string of the molecule is O=C(O)N1CCN(c2ccc(Nc3nc(Cl)cc4cc[nH]c(=O)c34)cc2)CC1. The van der Waals surface area contributed by atoms with Crippen molar-refractivity contribution in [3.05, 3.63) is 58.1 Å². The van der Waals surface area contributed by atoms with Crippen molar-refractivity contribution in [1.29, 1.82) is 0 Å². The van der Waals surface area contributed by atoms with E-state index < -0.39 is 6.09 Å². The lowest BCUT2D eigenvalue weighted by Crippen LogP contribution is -2.48. The number of benzene rings is 1. The minimum Gasteiger partial charge on any atom is -0.465 e. The van der Waals surface area contributed by atoms with Crippen LogP contribution in [0.2, 0.25) is 5.15 Å². The summed E-state index contributed by atoms with van der Waals surface area (Å²) in [5, 5.41) is 13.7. The fraction of sp³-hybridized carbons (Fsp3) is 0.211. The maximum absolute atomic E-state index is 12.2. The quantitative estimate of drug-likeness (QED) is 0.585. The van der Waals surface area contributed by atoms with Gasteiger partial charge in [-0.25, -0.2) is 9.78 Å². The lowest BCUT2D eigenvalue weighted by molar-refractivity contribution is 0.142. The van der Waals surface area contributed by atoms with E-state index in [4.69, 9.17) is 16.7 Å². The average molecular weight is 400 g/mol. The van der Waals surface area contributed by atoms with Gasteiger partial charge in [0.25, 0.3) is 5.56 Å². The first-order valence-electron chi connectivity index (χ1n) is 8.79. The Bertz CT molecular complexity index is 1080. The van der Waals surface area contributed by atoms with E-state index in [-0.39, 0.29) is 5.56 Å². The van der Waals surface area contributed by atoms with E-state index in [9.17, 15) is 9.59 Å². The first-order chi connectivity index (χ1) is 13.5. The zero-order valence-corrected chi connectivity index (χ0v) is 15.6. The molecule has 144 valence electrons. The average Bonchev–Trinajstić information content (AvgIpc) is 2.68. The maximum atomic E-state index is 12.2. The molecule has 1 fully saturated rings. The molecule has 28 heavy (non-hydrogen) atoms. The highest BCUT2D eigenvalue weighted by Crippen LogP contribution is 2.26. The maximum Gasteiger partial charge on any atom is 0.407 e. The Hall–Kier alpha value is -3.26. The number of amides is 1. The highest BCUT2D eigenvalue weighted by Gasteiger charge is 2.20. The van der Waals surface area contributed by atoms with E-state index >= 15 is 0 Å². The number of hydrogen-bond acceptors (Lipinski definition) is 5. The Labute approximate surface area is 165 Å². The second-order valence-electron chi connectivity index (χ2n) is 6.49. The van der Waals surface area contributed by atoms with Crippen LogP contribution < -0.4 is 15.8 Å². The number of nitrogens with zero attached hydrogens (tertiary/aromatic N) is 3. The third-order valence-electron chi connectivity index (χ3n) is 4.77. The lowest BCUT2D eigenvalue weighted by Gasteiger charge is -2.34. The molecule has 1 saturated heterocycles. The highest BCUT2D eigenvalue weighted by atomic mass is 35.5. The summed E-state index contributed by atoms with van der Waals surface area (Å²) in [5.74, 6) is 0.396. The van der Waals surface area contributed by atoms with Gasteiger partial charge in [-0.2, -0.15) is 0 Å². The van der Waals surface area contributed by atoms with Crippen LogP contribution in [-0.4, -0.2) is 52.2 Å². The second kappa shape index (κ2) is 7.40. The lowest BCUT2D eigenvalue weighted by atomic mass is 10.2. The number of hydrogen-bond donors (Lipinski definition) is 3. The molecule has 8 nitrogen and oxygen atoms in total. The van der Waals surface area contributed by atoms with Crippen LogP contribution in [0.1, 0.15) is 0 Å². The van der Waals surface area contributed by atoms with Crippen molar-refractivity contribution >= 4 is 45.7 Å². The Morgan fingerprint density at radius 1 is 1.14 bits per heavy atom. The largest absolute Gasteiger partial charge is 0.465 e. The van der Waals surface area contributed by atoms with Gasteiger partial charge < -0.3 is 25.2 Å². The van der Waals surface area contributed by atoms with Gasteiger partial charge >= 0.3 is 6.09 Å². The highest BCUT2D eigenvalue weighted by molar-refractivity contribution is 6.30. The van der Waals surface area contributed by atoms with Gasteiger partial charge in [0.05, 0.1) is 5.39 Å². The van der Waals surface area contributed by atoms with Crippen LogP contribution in [0.5, 0.6) is 0 Å². The van der Waals surface area contributed by atoms with Crippen molar-refractivity contribution in [1.82, 2.24) is 14.9 Å². The number of fused-ring (bicyclic) bond motifs is 1. The van der Waals surface area contributed by atoms with E-state index in [0.717, 1.165) is 11.4 Å². The van der Waals surface area contributed by atoms with E-state index in [1.807, 2.05) is 24.3 Å². The topological polar surface area (TPSA) is 102 Å². The number of aromatic amines is 1. The van der Waals surface area contributed by atoms with Crippen LogP contribution in [-0.2, 0) is 0 Å². The van der Waals surface area contributed by atoms with Crippen LogP contribution in [0.3, 0.4) is 0 Å². The monoisotopic (exact) mass is 399 g/mol. The van der Waals surface area contributed by atoms with Gasteiger partial charge in [0.2, 0.25) is 0 Å². The molecule has 0 radical (unpaired) electrons. The standard InChI is InChI=1S/C19H18ClN5O3/c20-15-11-12-5-6-21-18(26)16(12)17(23-15)22-13-1-3-14(4-2-13)24-7-9-25(10-8-24)19(27)28/h1-6,11H,7-10H2,(H,21,26)(H,22,23)(H,27,28). The molecule has 9 heteroatoms. The molecule has 0 unspecified atom stereocenters. The number of nitrogens with one attached hydrogen (secondary N) is 2. The van der Waals surface area contributed by atoms with Crippen molar-refractivity contribution in [3.8, 4) is 0 Å². The van der Waals surface area contributed by atoms with Gasteiger partial charge in [0.15, 0.2) is 0 Å². The number of H-pyrrole nitrogens is 1. The van der Waals surface area contributed by atoms with Crippen molar-refractivity contribution in [2.24, 2.45) is 0 Å². The minimum absolute atomic E-state index is 0.239. The number of carbonyl (C=O) groups is 1. The Kier molecular flexibility index (Phi) is 4.79. The second-order valence-corrected chi connectivity index (χ2v) is 6.88. The molecule has 0 atom stereocenters. The van der Waals surface area contributed by atoms with Gasteiger partial charge in [0.1, 0.15) is 11.0 Å². The molecule has 1 amide bonds. The van der Waals surface area contributed by atoms with E-state index in [2.05, 4.69) is 20.2 Å². The zero-order chi connectivity index (χ0) is 19.7. The molecular formula is C19H18ClN5O3. The summed E-state index contributed by atoms with van der Waals surface area (Å²) >= 11 is 6.09. The van der Waals surface area contributed by atoms with Crippen molar-refractivity contribution in [2.75, 3.05) is 36.4 Å². The Balaban J connectivity index is 1.54. The number of piperazine rings is 1. The molecule has 0 aliphatic carbocycles. The molecule has 1 aromatic carbocycles. The Morgan fingerprint density at radius 2 is 1.86 bits per heavy atom. The van der Waals surface area contributed by atoms with Crippen molar-refractivity contribution in [3.63, 3.8) is 0 Å². The molecule has 1 aliphatic heterocycles. The molecule has 0 bridgehead atoms. The van der Waals surface area contributed by atoms with E-state index in [1.54, 1.807) is 18.3 Å². The van der Waals surface area contributed by atoms with Crippen LogP contribution in [0.25, 0.3) is 10.8 Å². The smallest absolute Gasteiger partial charge is 0.407 e. The molecule has 0 spiro atoms. The van der Waals surface area contributed by atoms with Crippen molar-refractivity contribution < 1.29 is 9.90 Å². The van der Waals surface area contributed by atoms with Crippen LogP contribution in [0, 0.1) is 0 Å². The number of aromatic nitrogens is 2. The number of carboxylic acid groups (broad SMARTS) is 1. The predicted octanol–water partition coefficient (Wildman–Crippen LogP) is 3.12. The summed E-state index contributed by atoms with van der Waals surface area (Å²) in [4.78, 5) is 33.7. The first kappa shape index (κ1) is 18.1. The van der Waals surface area contributed by atoms with Crippen LogP contribution in [0.15, 0.2) is 47.4 Å². The molecular weight excluding hydrogens is 382 g/mol. The Morgan fingerprint density at radius 3 is 2.54 bits per heavy atom. The summed E-state index contributed by atoms with van der Waals surface area (Å²) in [5.41, 5.74) is 1.54. The molecule has 1 aliphatic rings. The summed E-state index contributed by atoms with van der Waals surface area (Å²) < 4.78 is 0. The fourth-order valence-electron chi connectivity index (χ4n) is 3.32. The van der Waals surface area contributed by atoms with Crippen LogP contribution in [0.4, 0.5) is 22.0 Å². The fourth-order valence-corrected chi connectivity index (χ4v) is 3.52. The number of anilines is 3. The van der Waals surface area contributed by atoms with Crippen molar-refractivity contribution in [2.45, 2.75) is 0 Å². The molecule has 4 rings (SSSR count). The normalized spacial score (nSPS) is 14.3. The summed E-state index contributed by atoms with van der Waals surface area (Å²) in [7, 11) is 0. The number of pyridine rings is 2. The third kappa shape index (κ3) is 3.59. The predicted molar refractivity (Wildman–Crippen MR) is 109 cm³/mol. The molecule has 3 heterocycles. The zero-order valence-electron chi connectivity index (χ0n) is 14.9. The van der Waals surface area contributed by atoms with E-state index in [0.29, 0.717) is 47.9 Å². The third-order valence-corrected chi connectivity index (χ3v) is 4.96. The number of rotatable bonds is 3. The molecule has 3 aromatic rings. The summed E-state index contributed by atoms with van der Waals surface area (Å²) in [6.07, 6.45) is 0.694. The van der Waals surface area contributed by atoms with Gasteiger partial charge in [0, 0.05) is 43.8 Å². The van der Waals surface area contributed by atoms with Gasteiger partial charge in [-0.1, -0.05) is 11.6 Å².